The van der Waals surface area contributed by atoms with E-state index in [9.17, 15) is 19.2 Å². The maximum Gasteiger partial charge on any atom is 0.262 e. The summed E-state index contributed by atoms with van der Waals surface area (Å²) in [5, 5.41) is 2.64. The summed E-state index contributed by atoms with van der Waals surface area (Å²) < 4.78 is 0. The van der Waals surface area contributed by atoms with Crippen molar-refractivity contribution < 1.29 is 19.2 Å². The minimum Gasteiger partial charge on any atom is -0.326 e. The highest BCUT2D eigenvalue weighted by Crippen LogP contribution is 2.42. The summed E-state index contributed by atoms with van der Waals surface area (Å²) in [6, 6.07) is 13.7. The molecular weight excluding hydrogens is 382 g/mol. The molecule has 2 aliphatic rings. The number of imide groups is 1. The molecule has 1 fully saturated rings. The Hall–Kier alpha value is -3.74. The molecule has 0 spiro atoms. The number of rotatable bonds is 3. The number of fused-ring (bicyclic) bond motifs is 1. The second-order valence-corrected chi connectivity index (χ2v) is 7.58. The molecule has 1 N–H and O–H groups in total. The van der Waals surface area contributed by atoms with Crippen molar-refractivity contribution in [1.29, 1.82) is 0 Å². The molecule has 7 heteroatoms. The monoisotopic (exact) mass is 403 g/mol. The average Bonchev–Trinajstić information content (AvgIpc) is 3.14. The molecule has 152 valence electrons. The van der Waals surface area contributed by atoms with Gasteiger partial charge in [-0.25, -0.2) is 4.90 Å². The van der Waals surface area contributed by atoms with Gasteiger partial charge in [-0.15, -0.1) is 0 Å². The minimum absolute atomic E-state index is 0.0821. The molecule has 30 heavy (non-hydrogen) atoms. The Morgan fingerprint density at radius 1 is 0.967 bits per heavy atom. The molecule has 2 heterocycles. The quantitative estimate of drug-likeness (QED) is 0.630. The summed E-state index contributed by atoms with van der Waals surface area (Å²) >= 11 is 0. The third-order valence-corrected chi connectivity index (χ3v) is 5.17. The maximum atomic E-state index is 13.2. The Kier molecular flexibility index (Phi) is 4.73. The Balaban J connectivity index is 1.75. The first-order valence-corrected chi connectivity index (χ1v) is 9.70. The van der Waals surface area contributed by atoms with Crippen LogP contribution in [-0.4, -0.2) is 29.7 Å². The van der Waals surface area contributed by atoms with Gasteiger partial charge in [0, 0.05) is 29.8 Å². The lowest BCUT2D eigenvalue weighted by Gasteiger charge is -2.21. The van der Waals surface area contributed by atoms with Crippen LogP contribution in [0.5, 0.6) is 0 Å². The van der Waals surface area contributed by atoms with Gasteiger partial charge in [0.05, 0.1) is 23.4 Å². The Morgan fingerprint density at radius 2 is 1.63 bits per heavy atom. The van der Waals surface area contributed by atoms with Crippen LogP contribution >= 0.6 is 0 Å². The third-order valence-electron chi connectivity index (χ3n) is 5.17. The molecule has 0 radical (unpaired) electrons. The van der Waals surface area contributed by atoms with Gasteiger partial charge in [0.1, 0.15) is 0 Å². The van der Waals surface area contributed by atoms with Crippen LogP contribution in [-0.2, 0) is 19.2 Å². The molecule has 0 unspecified atom stereocenters. The molecule has 2 aromatic carbocycles. The summed E-state index contributed by atoms with van der Waals surface area (Å²) in [7, 11) is 0. The second-order valence-electron chi connectivity index (χ2n) is 7.58. The molecule has 2 aliphatic heterocycles. The van der Waals surface area contributed by atoms with E-state index in [4.69, 9.17) is 0 Å². The first kappa shape index (κ1) is 19.6. The van der Waals surface area contributed by atoms with E-state index in [1.807, 2.05) is 32.0 Å². The van der Waals surface area contributed by atoms with Crippen molar-refractivity contribution in [2.24, 2.45) is 0 Å². The van der Waals surface area contributed by atoms with Gasteiger partial charge in [-0.2, -0.15) is 0 Å². The largest absolute Gasteiger partial charge is 0.326 e. The fourth-order valence-corrected chi connectivity index (χ4v) is 3.95. The molecule has 2 aromatic rings. The lowest BCUT2D eigenvalue weighted by Crippen LogP contribution is -2.34. The van der Waals surface area contributed by atoms with Gasteiger partial charge in [0.15, 0.2) is 0 Å². The molecule has 0 aliphatic carbocycles. The number of hydrogen-bond donors (Lipinski definition) is 1. The van der Waals surface area contributed by atoms with Crippen molar-refractivity contribution >= 4 is 46.3 Å². The predicted molar refractivity (Wildman–Crippen MR) is 114 cm³/mol. The highest BCUT2D eigenvalue weighted by molar-refractivity contribution is 6.41. The number of nitrogens with zero attached hydrogens (tertiary/aromatic N) is 2. The van der Waals surface area contributed by atoms with Gasteiger partial charge in [-0.05, 0) is 44.2 Å². The molecule has 0 aromatic heterocycles. The van der Waals surface area contributed by atoms with Crippen LogP contribution in [0.25, 0.3) is 5.57 Å². The minimum atomic E-state index is -0.490. The highest BCUT2D eigenvalue weighted by Gasteiger charge is 2.43. The van der Waals surface area contributed by atoms with Crippen molar-refractivity contribution in [2.75, 3.05) is 15.1 Å². The molecule has 0 bridgehead atoms. The van der Waals surface area contributed by atoms with E-state index in [1.165, 1.54) is 6.92 Å². The molecule has 1 saturated heterocycles. The van der Waals surface area contributed by atoms with Crippen LogP contribution in [0.3, 0.4) is 0 Å². The number of para-hydroxylation sites is 1. The molecule has 4 amide bonds. The number of hydrogen-bond acceptors (Lipinski definition) is 4. The zero-order chi connectivity index (χ0) is 21.6. The molecule has 7 nitrogen and oxygen atoms in total. The number of carbonyl (C=O) groups excluding carboxylic acids is 4. The maximum absolute atomic E-state index is 13.2. The van der Waals surface area contributed by atoms with Crippen LogP contribution < -0.4 is 15.1 Å². The van der Waals surface area contributed by atoms with Gasteiger partial charge in [-0.1, -0.05) is 18.2 Å². The predicted octanol–water partition coefficient (Wildman–Crippen LogP) is 3.12. The van der Waals surface area contributed by atoms with Gasteiger partial charge < -0.3 is 10.2 Å². The standard InChI is InChI=1S/C23H21N3O4/c1-13(2)25-19-7-5-4-6-17(19)21(23(25)30)18-12-20(28)26(22(18)29)16-10-8-15(9-11-16)24-14(3)27/h4-11,13H,12H2,1-3H3,(H,24,27)/b21-18-. The van der Waals surface area contributed by atoms with Crippen LogP contribution in [0.2, 0.25) is 0 Å². The van der Waals surface area contributed by atoms with E-state index in [-0.39, 0.29) is 35.8 Å². The van der Waals surface area contributed by atoms with Gasteiger partial charge in [0.25, 0.3) is 11.8 Å². The van der Waals surface area contributed by atoms with Crippen molar-refractivity contribution in [1.82, 2.24) is 0 Å². The second kappa shape index (κ2) is 7.26. The lowest BCUT2D eigenvalue weighted by molar-refractivity contribution is -0.121. The van der Waals surface area contributed by atoms with Crippen LogP contribution in [0.15, 0.2) is 54.1 Å². The topological polar surface area (TPSA) is 86.8 Å². The van der Waals surface area contributed by atoms with Crippen molar-refractivity contribution in [3.05, 3.63) is 59.7 Å². The van der Waals surface area contributed by atoms with Crippen molar-refractivity contribution in [3.8, 4) is 0 Å². The summed E-state index contributed by atoms with van der Waals surface area (Å²) in [4.78, 5) is 53.0. The van der Waals surface area contributed by atoms with E-state index >= 15 is 0 Å². The molecule has 0 saturated carbocycles. The van der Waals surface area contributed by atoms with E-state index in [0.29, 0.717) is 22.5 Å². The number of anilines is 3. The Bertz CT molecular complexity index is 1120. The average molecular weight is 403 g/mol. The number of benzene rings is 2. The molecule has 4 rings (SSSR count). The van der Waals surface area contributed by atoms with Crippen molar-refractivity contribution in [2.45, 2.75) is 33.2 Å². The highest BCUT2D eigenvalue weighted by atomic mass is 16.2. The first-order chi connectivity index (χ1) is 14.3. The van der Waals surface area contributed by atoms with Crippen LogP contribution in [0.1, 0.15) is 32.8 Å². The fraction of sp³-hybridized carbons (Fsp3) is 0.217. The first-order valence-electron chi connectivity index (χ1n) is 9.70. The zero-order valence-electron chi connectivity index (χ0n) is 16.9. The molecule has 0 atom stereocenters. The van der Waals surface area contributed by atoms with Crippen molar-refractivity contribution in [3.63, 3.8) is 0 Å². The number of carbonyl (C=O) groups is 4. The third kappa shape index (κ3) is 3.08. The normalized spacial score (nSPS) is 18.5. The summed E-state index contributed by atoms with van der Waals surface area (Å²) in [5.41, 5.74) is 2.90. The number of nitrogens with one attached hydrogen (secondary N) is 1. The van der Waals surface area contributed by atoms with Crippen LogP contribution in [0.4, 0.5) is 17.1 Å². The van der Waals surface area contributed by atoms with E-state index < -0.39 is 5.91 Å². The zero-order valence-corrected chi connectivity index (χ0v) is 16.9. The lowest BCUT2D eigenvalue weighted by atomic mass is 10.00. The van der Waals surface area contributed by atoms with E-state index in [0.717, 1.165) is 10.6 Å². The summed E-state index contributed by atoms with van der Waals surface area (Å²) in [6.07, 6.45) is -0.131. The van der Waals surface area contributed by atoms with Gasteiger partial charge >= 0.3 is 0 Å². The van der Waals surface area contributed by atoms with E-state index in [1.54, 1.807) is 35.2 Å². The number of amides is 4. The summed E-state index contributed by atoms with van der Waals surface area (Å²) in [6.45, 7) is 5.22. The fourth-order valence-electron chi connectivity index (χ4n) is 3.95. The van der Waals surface area contributed by atoms with Gasteiger partial charge in [-0.3, -0.25) is 19.2 Å². The summed E-state index contributed by atoms with van der Waals surface area (Å²) in [5.74, 6) is -1.35. The van der Waals surface area contributed by atoms with Crippen LogP contribution in [0, 0.1) is 0 Å². The SMILES string of the molecule is CC(=O)Nc1ccc(N2C(=O)C/C(=C3/C(=O)N(C(C)C)c4ccccc43)C2=O)cc1. The Morgan fingerprint density at radius 3 is 2.27 bits per heavy atom. The molecular formula is C23H21N3O4. The van der Waals surface area contributed by atoms with E-state index in [2.05, 4.69) is 5.32 Å². The Labute approximate surface area is 174 Å². The van der Waals surface area contributed by atoms with Gasteiger partial charge in [0.2, 0.25) is 11.8 Å². The smallest absolute Gasteiger partial charge is 0.262 e.